The predicted molar refractivity (Wildman–Crippen MR) is 132 cm³/mol. The molecule has 0 spiro atoms. The van der Waals surface area contributed by atoms with Crippen molar-refractivity contribution in [2.75, 3.05) is 38.0 Å². The molecule has 0 aliphatic carbocycles. The predicted octanol–water partition coefficient (Wildman–Crippen LogP) is 2.50. The van der Waals surface area contributed by atoms with Crippen molar-refractivity contribution in [3.8, 4) is 0 Å². The molecule has 2 aliphatic heterocycles. The summed E-state index contributed by atoms with van der Waals surface area (Å²) in [7, 11) is 0. The summed E-state index contributed by atoms with van der Waals surface area (Å²) in [5.41, 5.74) is 2.94. The Morgan fingerprint density at radius 3 is 2.53 bits per heavy atom. The number of hydrogen-bond acceptors (Lipinski definition) is 6. The molecule has 186 valence electrons. The SMILES string of the molecule is O=C(c1ccc(Cl)nc1)N1CCN(C(=O)c2cc(Cc3n[nH]c(=O)c4c3NCCC4)ccc2F)CC1. The second kappa shape index (κ2) is 10.1. The van der Waals surface area contributed by atoms with E-state index in [2.05, 4.69) is 20.5 Å². The van der Waals surface area contributed by atoms with Crippen molar-refractivity contribution in [1.29, 1.82) is 0 Å². The fourth-order valence-electron chi connectivity index (χ4n) is 4.59. The van der Waals surface area contributed by atoms with E-state index in [-0.39, 0.29) is 30.1 Å². The summed E-state index contributed by atoms with van der Waals surface area (Å²) in [6.45, 7) is 1.98. The Bertz CT molecular complexity index is 1370. The van der Waals surface area contributed by atoms with Gasteiger partial charge in [0.05, 0.1) is 22.5 Å². The van der Waals surface area contributed by atoms with Crippen LogP contribution in [0.4, 0.5) is 10.1 Å². The first kappa shape index (κ1) is 23.9. The molecule has 3 aromatic rings. The Hall–Kier alpha value is -3.79. The summed E-state index contributed by atoms with van der Waals surface area (Å²) >= 11 is 5.79. The maximum atomic E-state index is 14.7. The van der Waals surface area contributed by atoms with Crippen LogP contribution in [0.1, 0.15) is 44.0 Å². The van der Waals surface area contributed by atoms with Crippen LogP contribution in [0.25, 0.3) is 0 Å². The summed E-state index contributed by atoms with van der Waals surface area (Å²) in [6, 6.07) is 7.60. The first-order valence-electron chi connectivity index (χ1n) is 11.7. The number of anilines is 1. The highest BCUT2D eigenvalue weighted by Gasteiger charge is 2.27. The minimum atomic E-state index is -0.607. The van der Waals surface area contributed by atoms with Crippen LogP contribution in [-0.2, 0) is 12.8 Å². The molecule has 36 heavy (non-hydrogen) atoms. The molecule has 1 aromatic carbocycles. The van der Waals surface area contributed by atoms with Crippen molar-refractivity contribution in [2.45, 2.75) is 19.3 Å². The molecule has 1 fully saturated rings. The van der Waals surface area contributed by atoms with Crippen molar-refractivity contribution in [3.63, 3.8) is 0 Å². The van der Waals surface area contributed by atoms with Gasteiger partial charge in [0.2, 0.25) is 0 Å². The van der Waals surface area contributed by atoms with Crippen LogP contribution in [0.2, 0.25) is 5.15 Å². The van der Waals surface area contributed by atoms with Gasteiger partial charge in [0.25, 0.3) is 17.4 Å². The summed E-state index contributed by atoms with van der Waals surface area (Å²) in [5.74, 6) is -1.22. The number of rotatable bonds is 4. The fourth-order valence-corrected chi connectivity index (χ4v) is 4.70. The number of carbonyl (C=O) groups is 2. The first-order valence-corrected chi connectivity index (χ1v) is 12.1. The average molecular weight is 511 g/mol. The Morgan fingerprint density at radius 1 is 1.06 bits per heavy atom. The molecule has 11 heteroatoms. The molecule has 0 bridgehead atoms. The van der Waals surface area contributed by atoms with Crippen LogP contribution in [-0.4, -0.2) is 69.5 Å². The maximum Gasteiger partial charge on any atom is 0.269 e. The van der Waals surface area contributed by atoms with Gasteiger partial charge >= 0.3 is 0 Å². The second-order valence-corrected chi connectivity index (χ2v) is 9.22. The lowest BCUT2D eigenvalue weighted by Crippen LogP contribution is -2.50. The number of amides is 2. The first-order chi connectivity index (χ1) is 17.4. The zero-order valence-electron chi connectivity index (χ0n) is 19.4. The third-order valence-electron chi connectivity index (χ3n) is 6.52. The minimum Gasteiger partial charge on any atom is -0.383 e. The van der Waals surface area contributed by atoms with Crippen LogP contribution in [0, 0.1) is 5.82 Å². The fraction of sp³-hybridized carbons (Fsp3) is 0.320. The number of pyridine rings is 1. The molecule has 2 aromatic heterocycles. The maximum absolute atomic E-state index is 14.7. The van der Waals surface area contributed by atoms with Crippen LogP contribution < -0.4 is 10.9 Å². The molecule has 0 atom stereocenters. The molecule has 0 unspecified atom stereocenters. The number of H-pyrrole nitrogens is 1. The van der Waals surface area contributed by atoms with Crippen molar-refractivity contribution in [1.82, 2.24) is 25.0 Å². The summed E-state index contributed by atoms with van der Waals surface area (Å²) in [6.07, 6.45) is 3.30. The number of aromatic amines is 1. The average Bonchev–Trinajstić information content (AvgIpc) is 2.91. The van der Waals surface area contributed by atoms with Crippen LogP contribution in [0.15, 0.2) is 41.3 Å². The Labute approximate surface area is 211 Å². The number of piperazine rings is 1. The molecule has 2 N–H and O–H groups in total. The van der Waals surface area contributed by atoms with Crippen molar-refractivity contribution < 1.29 is 14.0 Å². The summed E-state index contributed by atoms with van der Waals surface area (Å²) in [4.78, 5) is 45.1. The zero-order chi connectivity index (χ0) is 25.2. The van der Waals surface area contributed by atoms with Gasteiger partial charge in [-0.1, -0.05) is 17.7 Å². The van der Waals surface area contributed by atoms with Crippen molar-refractivity contribution >= 4 is 29.1 Å². The molecular weight excluding hydrogens is 487 g/mol. The van der Waals surface area contributed by atoms with Crippen molar-refractivity contribution in [3.05, 3.63) is 85.8 Å². The van der Waals surface area contributed by atoms with Gasteiger partial charge in [-0.3, -0.25) is 14.4 Å². The molecule has 2 amide bonds. The van der Waals surface area contributed by atoms with E-state index in [0.717, 1.165) is 18.7 Å². The normalized spacial score (nSPS) is 15.3. The number of nitrogens with zero attached hydrogens (tertiary/aromatic N) is 4. The molecule has 9 nitrogen and oxygen atoms in total. The largest absolute Gasteiger partial charge is 0.383 e. The standard InChI is InChI=1S/C25H24ClFN6O3/c26-21-6-4-16(14-29-21)24(35)32-8-10-33(11-9-32)25(36)18-12-15(3-5-19(18)27)13-20-22-17(2-1-7-28-22)23(34)31-30-20/h3-6,12,14,28H,1-2,7-11,13H2,(H,31,34). The summed E-state index contributed by atoms with van der Waals surface area (Å²) in [5, 5.41) is 10.3. The van der Waals surface area contributed by atoms with Crippen LogP contribution in [0.3, 0.4) is 0 Å². The van der Waals surface area contributed by atoms with Gasteiger partial charge in [-0.05, 0) is 42.7 Å². The molecule has 0 radical (unpaired) electrons. The Morgan fingerprint density at radius 2 is 1.81 bits per heavy atom. The van der Waals surface area contributed by atoms with Gasteiger partial charge in [0, 0.05) is 50.9 Å². The van der Waals surface area contributed by atoms with Gasteiger partial charge in [-0.2, -0.15) is 5.10 Å². The number of nitrogens with one attached hydrogen (secondary N) is 2. The highest BCUT2D eigenvalue weighted by molar-refractivity contribution is 6.29. The van der Waals surface area contributed by atoms with E-state index >= 15 is 0 Å². The minimum absolute atomic E-state index is 0.0274. The number of carbonyl (C=O) groups excluding carboxylic acids is 2. The van der Waals surface area contributed by atoms with E-state index in [1.165, 1.54) is 18.3 Å². The van der Waals surface area contributed by atoms with E-state index < -0.39 is 11.7 Å². The lowest BCUT2D eigenvalue weighted by Gasteiger charge is -2.35. The van der Waals surface area contributed by atoms with Crippen LogP contribution >= 0.6 is 11.6 Å². The van der Waals surface area contributed by atoms with E-state index in [0.29, 0.717) is 53.5 Å². The van der Waals surface area contributed by atoms with E-state index in [9.17, 15) is 18.8 Å². The number of fused-ring (bicyclic) bond motifs is 1. The number of aromatic nitrogens is 3. The van der Waals surface area contributed by atoms with Crippen LogP contribution in [0.5, 0.6) is 0 Å². The Balaban J connectivity index is 1.28. The Kier molecular flexibility index (Phi) is 6.69. The monoisotopic (exact) mass is 510 g/mol. The number of halogens is 2. The molecular formula is C25H24ClFN6O3. The zero-order valence-corrected chi connectivity index (χ0v) is 20.1. The molecule has 1 saturated heterocycles. The van der Waals surface area contributed by atoms with E-state index in [4.69, 9.17) is 11.6 Å². The van der Waals surface area contributed by atoms with Gasteiger partial charge in [0.1, 0.15) is 11.0 Å². The highest BCUT2D eigenvalue weighted by atomic mass is 35.5. The second-order valence-electron chi connectivity index (χ2n) is 8.83. The highest BCUT2D eigenvalue weighted by Crippen LogP contribution is 2.24. The number of hydrogen-bond donors (Lipinski definition) is 2. The van der Waals surface area contributed by atoms with E-state index in [1.54, 1.807) is 28.0 Å². The quantitative estimate of drug-likeness (QED) is 0.522. The summed E-state index contributed by atoms with van der Waals surface area (Å²) < 4.78 is 14.7. The number of benzene rings is 1. The lowest BCUT2D eigenvalue weighted by molar-refractivity contribution is 0.0532. The topological polar surface area (TPSA) is 111 Å². The van der Waals surface area contributed by atoms with Gasteiger partial charge in [-0.25, -0.2) is 14.5 Å². The third kappa shape index (κ3) is 4.81. The van der Waals surface area contributed by atoms with Gasteiger partial charge in [0.15, 0.2) is 0 Å². The smallest absolute Gasteiger partial charge is 0.269 e. The lowest BCUT2D eigenvalue weighted by atomic mass is 9.99. The van der Waals surface area contributed by atoms with Crippen molar-refractivity contribution in [2.24, 2.45) is 0 Å². The third-order valence-corrected chi connectivity index (χ3v) is 6.75. The molecule has 0 saturated carbocycles. The van der Waals surface area contributed by atoms with Gasteiger partial charge in [-0.15, -0.1) is 0 Å². The molecule has 2 aliphatic rings. The molecule has 5 rings (SSSR count). The van der Waals surface area contributed by atoms with Gasteiger partial charge < -0.3 is 15.1 Å². The molecule has 4 heterocycles. The van der Waals surface area contributed by atoms with E-state index in [1.807, 2.05) is 0 Å².